The molecule has 0 saturated carbocycles. The lowest BCUT2D eigenvalue weighted by Gasteiger charge is -2.36. The lowest BCUT2D eigenvalue weighted by molar-refractivity contribution is 0.0981. The second kappa shape index (κ2) is 9.11. The predicted octanol–water partition coefficient (Wildman–Crippen LogP) is 3.89. The van der Waals surface area contributed by atoms with Gasteiger partial charge in [-0.1, -0.05) is 19.1 Å². The molecule has 0 bridgehead atoms. The summed E-state index contributed by atoms with van der Waals surface area (Å²) >= 11 is 1.59. The molecule has 33 heavy (non-hydrogen) atoms. The van der Waals surface area contributed by atoms with Gasteiger partial charge in [-0.15, -0.1) is 11.3 Å². The number of carbonyl (C=O) groups excluding carboxylic acids is 1. The van der Waals surface area contributed by atoms with Gasteiger partial charge in [0.25, 0.3) is 15.9 Å². The minimum atomic E-state index is -4.18. The Morgan fingerprint density at radius 1 is 1.21 bits per heavy atom. The van der Waals surface area contributed by atoms with Gasteiger partial charge >= 0.3 is 0 Å². The summed E-state index contributed by atoms with van der Waals surface area (Å²) in [5, 5.41) is 4.85. The number of aromatic nitrogens is 2. The van der Waals surface area contributed by atoms with E-state index in [1.54, 1.807) is 41.8 Å². The molecular formula is C23H27N5O3S2. The average Bonchev–Trinajstić information content (AvgIpc) is 3.40. The summed E-state index contributed by atoms with van der Waals surface area (Å²) < 4.78 is 28.1. The first-order valence-electron chi connectivity index (χ1n) is 10.7. The molecular weight excluding hydrogens is 458 g/mol. The fraction of sp³-hybridized carbons (Fsp3) is 0.348. The second-order valence-corrected chi connectivity index (χ2v) is 11.3. The number of sulfonamides is 1. The van der Waals surface area contributed by atoms with Gasteiger partial charge < -0.3 is 10.2 Å². The smallest absolute Gasteiger partial charge is 0.281 e. The van der Waals surface area contributed by atoms with Crippen molar-refractivity contribution in [3.63, 3.8) is 0 Å². The summed E-state index contributed by atoms with van der Waals surface area (Å²) in [4.78, 5) is 24.9. The number of nitrogens with zero attached hydrogens (tertiary/aromatic N) is 3. The maximum absolute atomic E-state index is 13.1. The van der Waals surface area contributed by atoms with Crippen LogP contribution in [0.15, 0.2) is 59.1 Å². The van der Waals surface area contributed by atoms with Gasteiger partial charge in [0.05, 0.1) is 12.1 Å². The van der Waals surface area contributed by atoms with E-state index in [-0.39, 0.29) is 16.1 Å². The third kappa shape index (κ3) is 4.86. The third-order valence-electron chi connectivity index (χ3n) is 6.22. The van der Waals surface area contributed by atoms with E-state index in [1.165, 1.54) is 6.07 Å². The topological polar surface area (TPSA) is 104 Å². The molecule has 3 aromatic rings. The molecule has 0 radical (unpaired) electrons. The van der Waals surface area contributed by atoms with Crippen LogP contribution in [0.25, 0.3) is 0 Å². The third-order valence-corrected chi connectivity index (χ3v) is 8.33. The van der Waals surface area contributed by atoms with Crippen LogP contribution < -0.4 is 14.9 Å². The van der Waals surface area contributed by atoms with Crippen LogP contribution in [0.5, 0.6) is 0 Å². The van der Waals surface area contributed by atoms with E-state index >= 15 is 0 Å². The summed E-state index contributed by atoms with van der Waals surface area (Å²) in [6.45, 7) is 7.66. The minimum Gasteiger partial charge on any atom is -0.365 e. The van der Waals surface area contributed by atoms with Crippen molar-refractivity contribution in [2.45, 2.75) is 44.3 Å². The first kappa shape index (κ1) is 23.2. The number of hydrogen-bond donors (Lipinski definition) is 2. The van der Waals surface area contributed by atoms with Crippen molar-refractivity contribution in [1.29, 1.82) is 0 Å². The lowest BCUT2D eigenvalue weighted by Crippen LogP contribution is -2.43. The highest BCUT2D eigenvalue weighted by molar-refractivity contribution is 7.90. The van der Waals surface area contributed by atoms with Gasteiger partial charge in [-0.2, -0.15) is 8.42 Å². The zero-order valence-electron chi connectivity index (χ0n) is 18.8. The Kier molecular flexibility index (Phi) is 6.40. The van der Waals surface area contributed by atoms with Gasteiger partial charge in [0.15, 0.2) is 5.03 Å². The maximum atomic E-state index is 13.1. The van der Waals surface area contributed by atoms with E-state index in [0.717, 1.165) is 17.8 Å². The summed E-state index contributed by atoms with van der Waals surface area (Å²) in [6.07, 6.45) is 2.59. The van der Waals surface area contributed by atoms with Crippen LogP contribution in [0.1, 0.15) is 42.4 Å². The number of thiophene rings is 1. The van der Waals surface area contributed by atoms with E-state index in [2.05, 4.69) is 45.7 Å². The van der Waals surface area contributed by atoms with Gasteiger partial charge in [-0.25, -0.2) is 14.7 Å². The van der Waals surface area contributed by atoms with Crippen LogP contribution >= 0.6 is 11.3 Å². The zero-order valence-corrected chi connectivity index (χ0v) is 20.4. The van der Waals surface area contributed by atoms with E-state index in [0.29, 0.717) is 24.1 Å². The van der Waals surface area contributed by atoms with Crippen molar-refractivity contribution in [3.8, 4) is 0 Å². The molecule has 3 aromatic heterocycles. The summed E-state index contributed by atoms with van der Waals surface area (Å²) in [6, 6.07) is 11.8. The summed E-state index contributed by atoms with van der Waals surface area (Å²) in [5.41, 5.74) is 0.0158. The number of amides is 1. The molecule has 4 heterocycles. The van der Waals surface area contributed by atoms with Crippen LogP contribution in [0.3, 0.4) is 0 Å². The van der Waals surface area contributed by atoms with Crippen LogP contribution in [-0.4, -0.2) is 36.4 Å². The van der Waals surface area contributed by atoms with Crippen molar-refractivity contribution in [1.82, 2.24) is 14.7 Å². The highest BCUT2D eigenvalue weighted by Gasteiger charge is 2.40. The average molecular weight is 486 g/mol. The Hall–Kier alpha value is -2.98. The fourth-order valence-electron chi connectivity index (χ4n) is 3.88. The molecule has 1 saturated heterocycles. The fourth-order valence-corrected chi connectivity index (χ4v) is 5.46. The second-order valence-electron chi connectivity index (χ2n) is 8.60. The Bertz CT molecular complexity index is 1240. The lowest BCUT2D eigenvalue weighted by atomic mass is 9.90. The molecule has 0 spiro atoms. The van der Waals surface area contributed by atoms with Gasteiger partial charge in [0.2, 0.25) is 0 Å². The number of rotatable bonds is 7. The number of pyridine rings is 2. The van der Waals surface area contributed by atoms with Crippen molar-refractivity contribution in [2.75, 3.05) is 16.8 Å². The van der Waals surface area contributed by atoms with Crippen LogP contribution in [0, 0.1) is 5.92 Å². The van der Waals surface area contributed by atoms with Gasteiger partial charge in [-0.05, 0) is 61.9 Å². The molecule has 174 valence electrons. The van der Waals surface area contributed by atoms with Crippen LogP contribution in [0.4, 0.5) is 11.6 Å². The Balaban J connectivity index is 1.54. The predicted molar refractivity (Wildman–Crippen MR) is 130 cm³/mol. The number of hydrogen-bond acceptors (Lipinski definition) is 8. The van der Waals surface area contributed by atoms with Crippen LogP contribution in [-0.2, 0) is 16.6 Å². The van der Waals surface area contributed by atoms with E-state index in [9.17, 15) is 13.2 Å². The molecule has 8 nitrogen and oxygen atoms in total. The zero-order chi connectivity index (χ0) is 23.6. The first-order chi connectivity index (χ1) is 15.7. The quantitative estimate of drug-likeness (QED) is 0.523. The molecule has 4 rings (SSSR count). The first-order valence-corrected chi connectivity index (χ1v) is 13.1. The van der Waals surface area contributed by atoms with E-state index in [4.69, 9.17) is 0 Å². The Morgan fingerprint density at radius 2 is 2.03 bits per heavy atom. The van der Waals surface area contributed by atoms with E-state index < -0.39 is 15.9 Å². The molecule has 2 N–H and O–H groups in total. The van der Waals surface area contributed by atoms with Gasteiger partial charge in [0.1, 0.15) is 11.6 Å². The molecule has 1 aliphatic rings. The molecule has 1 atom stereocenters. The molecule has 1 aliphatic heterocycles. The monoisotopic (exact) mass is 485 g/mol. The van der Waals surface area contributed by atoms with Crippen molar-refractivity contribution >= 4 is 38.9 Å². The van der Waals surface area contributed by atoms with Crippen molar-refractivity contribution < 1.29 is 13.2 Å². The largest absolute Gasteiger partial charge is 0.365 e. The highest BCUT2D eigenvalue weighted by Crippen LogP contribution is 2.38. The number of carbonyl (C=O) groups is 1. The maximum Gasteiger partial charge on any atom is 0.281 e. The minimum absolute atomic E-state index is 0.202. The highest BCUT2D eigenvalue weighted by atomic mass is 32.2. The van der Waals surface area contributed by atoms with Crippen LogP contribution in [0.2, 0.25) is 0 Å². The number of nitrogens with one attached hydrogen (secondary N) is 2. The van der Waals surface area contributed by atoms with Gasteiger partial charge in [0, 0.05) is 23.2 Å². The van der Waals surface area contributed by atoms with E-state index in [1.807, 2.05) is 17.5 Å². The van der Waals surface area contributed by atoms with Crippen molar-refractivity contribution in [3.05, 3.63) is 64.5 Å². The van der Waals surface area contributed by atoms with Gasteiger partial charge in [-0.3, -0.25) is 4.79 Å². The number of anilines is 2. The SMILES string of the molecule is CC1CCN(c2ncccc2C(=O)NS(=O)(=O)c2cccc(NCc3cccs3)n2)C1(C)C. The molecule has 0 aliphatic carbocycles. The summed E-state index contributed by atoms with van der Waals surface area (Å²) in [7, 11) is -4.18. The Morgan fingerprint density at radius 3 is 2.73 bits per heavy atom. The molecule has 0 aromatic carbocycles. The molecule has 1 amide bonds. The van der Waals surface area contributed by atoms with Crippen molar-refractivity contribution in [2.24, 2.45) is 5.92 Å². The molecule has 10 heteroatoms. The normalized spacial score (nSPS) is 17.7. The molecule has 1 fully saturated rings. The standard InChI is InChI=1S/C23H27N5O3S2/c1-16-11-13-28(23(16,2)3)21-18(8-5-12-24-21)22(29)27-33(30,31)20-10-4-9-19(26-20)25-15-17-7-6-14-32-17/h4-10,12,14,16H,11,13,15H2,1-3H3,(H,25,26)(H,27,29). The summed E-state index contributed by atoms with van der Waals surface area (Å²) in [5.74, 6) is 0.576. The molecule has 1 unspecified atom stereocenters. The Labute approximate surface area is 198 Å².